The number of unbranched alkanes of at least 4 members (excludes halogenated alkanes) is 32. The van der Waals surface area contributed by atoms with Crippen LogP contribution in [0.3, 0.4) is 0 Å². The van der Waals surface area contributed by atoms with E-state index in [-0.39, 0.29) is 0 Å². The number of fused-ring (bicyclic) bond motifs is 2. The second-order valence-electron chi connectivity index (χ2n) is 22.1. The molecular formula is C62H102Br2N6S2. The van der Waals surface area contributed by atoms with E-state index in [0.29, 0.717) is 11.8 Å². The summed E-state index contributed by atoms with van der Waals surface area (Å²) in [4.78, 5) is 4.50. The van der Waals surface area contributed by atoms with Gasteiger partial charge in [-0.2, -0.15) is 15.0 Å². The highest BCUT2D eigenvalue weighted by Gasteiger charge is 2.28. The Kier molecular flexibility index (Phi) is 32.3. The molecule has 10 heteroatoms. The summed E-state index contributed by atoms with van der Waals surface area (Å²) in [7, 11) is 0. The first-order chi connectivity index (χ1) is 35.5. The average molecular weight is 1160 g/mol. The lowest BCUT2D eigenvalue weighted by Gasteiger charge is -2.18. The van der Waals surface area contributed by atoms with Gasteiger partial charge in [0, 0.05) is 21.9 Å². The topological polar surface area (TPSA) is 61.4 Å². The lowest BCUT2D eigenvalue weighted by molar-refractivity contribution is 0.326. The lowest BCUT2D eigenvalue weighted by atomic mass is 9.93. The van der Waals surface area contributed by atoms with Gasteiger partial charge in [-0.15, -0.1) is 27.8 Å². The Labute approximate surface area is 465 Å². The minimum absolute atomic E-state index is 0.570. The molecule has 0 amide bonds. The summed E-state index contributed by atoms with van der Waals surface area (Å²) in [6.45, 7) is 11.0. The molecule has 4 heterocycles. The summed E-state index contributed by atoms with van der Waals surface area (Å²) in [5.74, 6) is 1.14. The molecule has 0 aliphatic heterocycles. The highest BCUT2D eigenvalue weighted by molar-refractivity contribution is 9.11. The zero-order chi connectivity index (χ0) is 50.9. The van der Waals surface area contributed by atoms with Crippen LogP contribution in [0.5, 0.6) is 0 Å². The average Bonchev–Trinajstić information content (AvgIpc) is 4.21. The summed E-state index contributed by atoms with van der Waals surface area (Å²) in [5, 5.41) is 21.4. The molecule has 0 aliphatic carbocycles. The maximum Gasteiger partial charge on any atom is 0.124 e. The molecule has 2 atom stereocenters. The molecule has 5 aromatic rings. The van der Waals surface area contributed by atoms with E-state index in [9.17, 15) is 0 Å². The Bertz CT molecular complexity index is 2110. The number of halogens is 2. The first kappa shape index (κ1) is 61.2. The number of aromatic nitrogens is 6. The first-order valence-electron chi connectivity index (χ1n) is 30.6. The number of thiophene rings is 2. The van der Waals surface area contributed by atoms with Gasteiger partial charge in [0.2, 0.25) is 0 Å². The zero-order valence-corrected chi connectivity index (χ0v) is 51.2. The van der Waals surface area contributed by atoms with Crippen LogP contribution in [0.4, 0.5) is 0 Å². The van der Waals surface area contributed by atoms with Crippen LogP contribution in [0.15, 0.2) is 31.8 Å². The van der Waals surface area contributed by atoms with Crippen molar-refractivity contribution in [1.29, 1.82) is 0 Å². The molecule has 4 aromatic heterocycles. The molecular weight excluding hydrogens is 1050 g/mol. The third-order valence-corrected chi connectivity index (χ3v) is 19.0. The first-order valence-corrected chi connectivity index (χ1v) is 33.8. The van der Waals surface area contributed by atoms with E-state index in [1.54, 1.807) is 22.7 Å². The van der Waals surface area contributed by atoms with Gasteiger partial charge in [-0.05, 0) is 93.6 Å². The van der Waals surface area contributed by atoms with E-state index in [2.05, 4.69) is 93.3 Å². The highest BCUT2D eigenvalue weighted by atomic mass is 79.9. The Morgan fingerprint density at radius 3 is 1.06 bits per heavy atom. The van der Waals surface area contributed by atoms with Crippen molar-refractivity contribution in [3.63, 3.8) is 0 Å². The smallest absolute Gasteiger partial charge is 0.124 e. The minimum atomic E-state index is 0.570. The monoisotopic (exact) mass is 1150 g/mol. The molecule has 406 valence electrons. The van der Waals surface area contributed by atoms with E-state index >= 15 is 0 Å². The fourth-order valence-corrected chi connectivity index (χ4v) is 14.2. The fraction of sp³-hybridized carbons (Fsp3) is 0.774. The Balaban J connectivity index is 1.41. The van der Waals surface area contributed by atoms with E-state index in [0.717, 1.165) is 53.9 Å². The van der Waals surface area contributed by atoms with Crippen molar-refractivity contribution >= 4 is 76.6 Å². The van der Waals surface area contributed by atoms with Crippen molar-refractivity contribution in [3.8, 4) is 20.9 Å². The van der Waals surface area contributed by atoms with Crippen molar-refractivity contribution in [1.82, 2.24) is 30.0 Å². The second-order valence-corrected chi connectivity index (χ2v) is 27.0. The van der Waals surface area contributed by atoms with Gasteiger partial charge in [0.05, 0.1) is 19.7 Å². The lowest BCUT2D eigenvalue weighted by Crippen LogP contribution is -2.14. The van der Waals surface area contributed by atoms with Crippen LogP contribution in [0.2, 0.25) is 0 Å². The summed E-state index contributed by atoms with van der Waals surface area (Å²) in [6, 6.07) is 8.90. The van der Waals surface area contributed by atoms with Crippen molar-refractivity contribution in [2.75, 3.05) is 0 Å². The molecule has 5 rings (SSSR count). The molecule has 2 unspecified atom stereocenters. The second kappa shape index (κ2) is 38.0. The highest BCUT2D eigenvalue weighted by Crippen LogP contribution is 2.46. The number of nitrogens with zero attached hydrogens (tertiary/aromatic N) is 6. The summed E-state index contributed by atoms with van der Waals surface area (Å²) >= 11 is 11.3. The summed E-state index contributed by atoms with van der Waals surface area (Å²) in [5.41, 5.74) is 6.32. The Morgan fingerprint density at radius 2 is 0.708 bits per heavy atom. The van der Waals surface area contributed by atoms with Gasteiger partial charge in [0.15, 0.2) is 0 Å². The van der Waals surface area contributed by atoms with Crippen molar-refractivity contribution in [2.45, 2.75) is 298 Å². The van der Waals surface area contributed by atoms with E-state index < -0.39 is 0 Å². The molecule has 0 spiro atoms. The number of benzene rings is 1. The van der Waals surface area contributed by atoms with Crippen LogP contribution in [0.1, 0.15) is 285 Å². The number of hydrogen-bond donors (Lipinski definition) is 0. The molecule has 0 fully saturated rings. The van der Waals surface area contributed by atoms with Crippen LogP contribution in [-0.4, -0.2) is 30.0 Å². The molecule has 0 radical (unpaired) electrons. The molecule has 1 aromatic carbocycles. The summed E-state index contributed by atoms with van der Waals surface area (Å²) in [6.07, 6.45) is 54.4. The maximum atomic E-state index is 5.59. The molecule has 0 aliphatic rings. The normalized spacial score (nSPS) is 12.9. The van der Waals surface area contributed by atoms with E-state index in [4.69, 9.17) is 20.5 Å². The van der Waals surface area contributed by atoms with Crippen molar-refractivity contribution in [2.24, 2.45) is 11.8 Å². The van der Waals surface area contributed by atoms with Gasteiger partial charge >= 0.3 is 0 Å². The molecule has 0 saturated heterocycles. The minimum Gasteiger partial charge on any atom is -0.244 e. The predicted octanol–water partition coefficient (Wildman–Crippen LogP) is 23.1. The van der Waals surface area contributed by atoms with Crippen molar-refractivity contribution < 1.29 is 0 Å². The predicted molar refractivity (Wildman–Crippen MR) is 325 cm³/mol. The SMILES string of the molecule is CCCCCCCCCCCCC(CCCCCCCCCC)Cn1nc2c(-c3ccc(Br)s3)c3nnn(CC(CCCCCCCCCC)CCCCCCCCCCCC)c3c(-c3ccc(Br)s3)c2n1. The van der Waals surface area contributed by atoms with Gasteiger partial charge in [-0.25, -0.2) is 4.68 Å². The molecule has 0 bridgehead atoms. The van der Waals surface area contributed by atoms with Gasteiger partial charge in [-0.1, -0.05) is 264 Å². The van der Waals surface area contributed by atoms with Crippen LogP contribution < -0.4 is 0 Å². The van der Waals surface area contributed by atoms with Gasteiger partial charge in [-0.3, -0.25) is 0 Å². The number of hydrogen-bond acceptors (Lipinski definition) is 6. The van der Waals surface area contributed by atoms with Crippen molar-refractivity contribution in [3.05, 3.63) is 31.8 Å². The molecule has 0 saturated carbocycles. The van der Waals surface area contributed by atoms with Gasteiger partial charge in [0.25, 0.3) is 0 Å². The third-order valence-electron chi connectivity index (χ3n) is 15.7. The van der Waals surface area contributed by atoms with Crippen LogP contribution in [-0.2, 0) is 13.1 Å². The van der Waals surface area contributed by atoms with Crippen LogP contribution >= 0.6 is 54.5 Å². The summed E-state index contributed by atoms with van der Waals surface area (Å²) < 4.78 is 4.56. The standard InChI is InChI=1S/C62H102Br2N6S2/c1-5-9-13-17-21-25-27-31-34-38-42-51(41-37-33-29-23-19-15-11-7-3)49-69-62-58(54-46-48-56(64)72-54)60-59(57(61(62)65-68-69)53-45-47-55(63)71-53)66-70(67-60)50-52(43-39-35-30-24-20-16-12-8-4)44-40-36-32-28-26-22-18-14-10-6-2/h45-48,51-52H,5-44,49-50H2,1-4H3. The Hall–Kier alpha value is -1.62. The van der Waals surface area contributed by atoms with Gasteiger partial charge in [0.1, 0.15) is 22.1 Å². The largest absolute Gasteiger partial charge is 0.244 e. The van der Waals surface area contributed by atoms with E-state index in [1.807, 2.05) is 0 Å². The van der Waals surface area contributed by atoms with E-state index in [1.165, 1.54) is 267 Å². The van der Waals surface area contributed by atoms with Crippen LogP contribution in [0, 0.1) is 11.8 Å². The van der Waals surface area contributed by atoms with Gasteiger partial charge < -0.3 is 0 Å². The zero-order valence-electron chi connectivity index (χ0n) is 46.4. The third kappa shape index (κ3) is 22.5. The quantitative estimate of drug-likeness (QED) is 0.0364. The Morgan fingerprint density at radius 1 is 0.389 bits per heavy atom. The fourth-order valence-electron chi connectivity index (χ4n) is 11.3. The van der Waals surface area contributed by atoms with Crippen LogP contribution in [0.25, 0.3) is 42.9 Å². The number of rotatable bonds is 46. The molecule has 6 nitrogen and oxygen atoms in total. The molecule has 0 N–H and O–H groups in total. The molecule has 72 heavy (non-hydrogen) atoms. The maximum absolute atomic E-state index is 5.59.